The number of aliphatic hydroxyl groups excluding tert-OH is 2. The number of anilines is 1. The lowest BCUT2D eigenvalue weighted by Gasteiger charge is -2.28. The molecule has 0 radical (unpaired) electrons. The Kier molecular flexibility index (Phi) is 2.94. The highest BCUT2D eigenvalue weighted by molar-refractivity contribution is 5.89. The first-order valence-electron chi connectivity index (χ1n) is 6.34. The number of fused-ring (bicyclic) bond motifs is 1. The molecule has 1 aliphatic rings. The molecule has 7 heteroatoms. The predicted octanol–water partition coefficient (Wildman–Crippen LogP) is -0.380. The van der Waals surface area contributed by atoms with Crippen molar-refractivity contribution in [3.8, 4) is 0 Å². The molecule has 4 atom stereocenters. The summed E-state index contributed by atoms with van der Waals surface area (Å²) >= 11 is 0. The Labute approximate surface area is 115 Å². The quantitative estimate of drug-likeness (QED) is 0.596. The van der Waals surface area contributed by atoms with Gasteiger partial charge in [0.25, 0.3) is 0 Å². The molecule has 0 bridgehead atoms. The first-order chi connectivity index (χ1) is 9.46. The first-order valence-corrected chi connectivity index (χ1v) is 6.34. The van der Waals surface area contributed by atoms with Crippen molar-refractivity contribution in [1.82, 2.24) is 9.55 Å². The predicted molar refractivity (Wildman–Crippen MR) is 71.8 cm³/mol. The van der Waals surface area contributed by atoms with E-state index in [-0.39, 0.29) is 6.61 Å². The van der Waals surface area contributed by atoms with Crippen molar-refractivity contribution in [1.29, 1.82) is 0 Å². The Morgan fingerprint density at radius 3 is 2.90 bits per heavy atom. The van der Waals surface area contributed by atoms with E-state index in [0.29, 0.717) is 5.82 Å². The van der Waals surface area contributed by atoms with Gasteiger partial charge in [-0.1, -0.05) is 0 Å². The molecule has 0 spiro atoms. The van der Waals surface area contributed by atoms with Crippen molar-refractivity contribution in [2.75, 3.05) is 12.3 Å². The largest absolute Gasteiger partial charge is 0.394 e. The van der Waals surface area contributed by atoms with Crippen LogP contribution in [0, 0.1) is 0 Å². The molecule has 3 rings (SSSR count). The standard InChI is InChI=1S/C13H17N3O4/c1-13(19)10(18)9(6-17)20-12(13)16-5-3-7-8(16)2-4-15-11(7)14/h2-5,9-10,12,17-19H,6H2,1H3,(H2,14,15)/t9?,10?,12?,13-/m1/s1. The smallest absolute Gasteiger partial charge is 0.165 e. The number of nitrogen functional groups attached to an aromatic ring is 1. The summed E-state index contributed by atoms with van der Waals surface area (Å²) < 4.78 is 7.27. The molecule has 20 heavy (non-hydrogen) atoms. The second-order valence-electron chi connectivity index (χ2n) is 5.23. The van der Waals surface area contributed by atoms with Gasteiger partial charge in [0, 0.05) is 17.8 Å². The fraction of sp³-hybridized carbons (Fsp3) is 0.462. The molecule has 1 saturated heterocycles. The van der Waals surface area contributed by atoms with Crippen LogP contribution in [0.3, 0.4) is 0 Å². The van der Waals surface area contributed by atoms with Gasteiger partial charge in [-0.15, -0.1) is 0 Å². The van der Waals surface area contributed by atoms with Crippen LogP contribution in [0.15, 0.2) is 24.5 Å². The van der Waals surface area contributed by atoms with E-state index in [4.69, 9.17) is 10.5 Å². The molecule has 5 N–H and O–H groups in total. The fourth-order valence-electron chi connectivity index (χ4n) is 2.70. The second-order valence-corrected chi connectivity index (χ2v) is 5.23. The van der Waals surface area contributed by atoms with Crippen molar-refractivity contribution in [2.45, 2.75) is 31.0 Å². The van der Waals surface area contributed by atoms with Crippen molar-refractivity contribution in [3.05, 3.63) is 24.5 Å². The van der Waals surface area contributed by atoms with E-state index >= 15 is 0 Å². The number of hydrogen-bond acceptors (Lipinski definition) is 6. The maximum absolute atomic E-state index is 10.5. The number of ether oxygens (including phenoxy) is 1. The van der Waals surface area contributed by atoms with Gasteiger partial charge in [-0.05, 0) is 19.1 Å². The summed E-state index contributed by atoms with van der Waals surface area (Å²) in [7, 11) is 0. The lowest BCUT2D eigenvalue weighted by molar-refractivity contribution is -0.0946. The fourth-order valence-corrected chi connectivity index (χ4v) is 2.70. The minimum atomic E-state index is -1.52. The van der Waals surface area contributed by atoms with Gasteiger partial charge in [-0.3, -0.25) is 0 Å². The molecule has 2 aromatic heterocycles. The molecular formula is C13H17N3O4. The zero-order valence-electron chi connectivity index (χ0n) is 11.0. The molecule has 1 aliphatic heterocycles. The number of nitrogens with two attached hydrogens (primary N) is 1. The third-order valence-electron chi connectivity index (χ3n) is 3.87. The molecule has 7 nitrogen and oxygen atoms in total. The molecule has 0 amide bonds. The van der Waals surface area contributed by atoms with Gasteiger partial charge in [0.1, 0.15) is 23.6 Å². The van der Waals surface area contributed by atoms with Gasteiger partial charge in [0.15, 0.2) is 6.23 Å². The van der Waals surface area contributed by atoms with E-state index in [0.717, 1.165) is 10.9 Å². The van der Waals surface area contributed by atoms with Crippen LogP contribution in [-0.4, -0.2) is 49.3 Å². The van der Waals surface area contributed by atoms with Crippen LogP contribution in [0.2, 0.25) is 0 Å². The Morgan fingerprint density at radius 2 is 2.25 bits per heavy atom. The minimum absolute atomic E-state index is 0.364. The highest BCUT2D eigenvalue weighted by Crippen LogP contribution is 2.40. The van der Waals surface area contributed by atoms with Gasteiger partial charge in [-0.2, -0.15) is 0 Å². The maximum atomic E-state index is 10.5. The summed E-state index contributed by atoms with van der Waals surface area (Å²) in [5.74, 6) is 0.387. The van der Waals surface area contributed by atoms with Crippen LogP contribution in [0.5, 0.6) is 0 Å². The number of hydrogen-bond donors (Lipinski definition) is 4. The van der Waals surface area contributed by atoms with E-state index in [9.17, 15) is 15.3 Å². The number of aromatic nitrogens is 2. The second kappa shape index (κ2) is 4.42. The highest BCUT2D eigenvalue weighted by atomic mass is 16.6. The lowest BCUT2D eigenvalue weighted by atomic mass is 9.96. The molecule has 0 aromatic carbocycles. The Bertz CT molecular complexity index is 640. The van der Waals surface area contributed by atoms with Crippen LogP contribution >= 0.6 is 0 Å². The lowest BCUT2D eigenvalue weighted by Crippen LogP contribution is -2.44. The van der Waals surface area contributed by atoms with E-state index in [1.807, 2.05) is 0 Å². The average Bonchev–Trinajstić information content (AvgIpc) is 2.92. The third-order valence-corrected chi connectivity index (χ3v) is 3.87. The zero-order chi connectivity index (χ0) is 14.5. The van der Waals surface area contributed by atoms with Crippen LogP contribution < -0.4 is 5.73 Å². The summed E-state index contributed by atoms with van der Waals surface area (Å²) in [6.45, 7) is 1.12. The minimum Gasteiger partial charge on any atom is -0.394 e. The van der Waals surface area contributed by atoms with E-state index in [2.05, 4.69) is 4.98 Å². The molecule has 0 aliphatic carbocycles. The average molecular weight is 279 g/mol. The third kappa shape index (κ3) is 1.71. The highest BCUT2D eigenvalue weighted by Gasteiger charge is 2.52. The molecule has 3 unspecified atom stereocenters. The van der Waals surface area contributed by atoms with E-state index in [1.165, 1.54) is 6.92 Å². The van der Waals surface area contributed by atoms with Crippen molar-refractivity contribution < 1.29 is 20.1 Å². The van der Waals surface area contributed by atoms with Crippen molar-refractivity contribution in [2.24, 2.45) is 0 Å². The van der Waals surface area contributed by atoms with Gasteiger partial charge in [-0.25, -0.2) is 4.98 Å². The summed E-state index contributed by atoms with van der Waals surface area (Å²) in [4.78, 5) is 4.00. The number of nitrogens with zero attached hydrogens (tertiary/aromatic N) is 2. The SMILES string of the molecule is C[C@@]1(O)C(O)C(CO)OC1n1ccc2c(N)nccc21. The normalized spacial score (nSPS) is 33.9. The Balaban J connectivity index is 2.10. The van der Waals surface area contributed by atoms with Gasteiger partial charge >= 0.3 is 0 Å². The van der Waals surface area contributed by atoms with Crippen LogP contribution in [0.1, 0.15) is 13.2 Å². The number of rotatable bonds is 2. The van der Waals surface area contributed by atoms with Gasteiger partial charge in [0.2, 0.25) is 0 Å². The summed E-state index contributed by atoms with van der Waals surface area (Å²) in [5, 5.41) is 30.4. The molecule has 1 fully saturated rings. The summed E-state index contributed by atoms with van der Waals surface area (Å²) in [5.41, 5.74) is 5.03. The van der Waals surface area contributed by atoms with Gasteiger partial charge in [0.05, 0.1) is 12.1 Å². The Hall–Kier alpha value is -1.67. The van der Waals surface area contributed by atoms with E-state index < -0.39 is 24.0 Å². The Morgan fingerprint density at radius 1 is 1.50 bits per heavy atom. The molecule has 0 saturated carbocycles. The molecule has 108 valence electrons. The van der Waals surface area contributed by atoms with Crippen LogP contribution in [-0.2, 0) is 4.74 Å². The van der Waals surface area contributed by atoms with Crippen molar-refractivity contribution in [3.63, 3.8) is 0 Å². The molecular weight excluding hydrogens is 262 g/mol. The number of aliphatic hydroxyl groups is 3. The first kappa shape index (κ1) is 13.3. The summed E-state index contributed by atoms with van der Waals surface area (Å²) in [6.07, 6.45) is 0.473. The molecule has 3 heterocycles. The van der Waals surface area contributed by atoms with Crippen LogP contribution in [0.4, 0.5) is 5.82 Å². The van der Waals surface area contributed by atoms with Gasteiger partial charge < -0.3 is 30.4 Å². The molecule has 2 aromatic rings. The summed E-state index contributed by atoms with van der Waals surface area (Å²) in [6, 6.07) is 3.53. The van der Waals surface area contributed by atoms with Crippen molar-refractivity contribution >= 4 is 16.7 Å². The van der Waals surface area contributed by atoms with E-state index in [1.54, 1.807) is 29.1 Å². The van der Waals surface area contributed by atoms with Crippen LogP contribution in [0.25, 0.3) is 10.9 Å². The number of pyridine rings is 1. The topological polar surface area (TPSA) is 114 Å². The monoisotopic (exact) mass is 279 g/mol. The maximum Gasteiger partial charge on any atom is 0.165 e. The zero-order valence-corrected chi connectivity index (χ0v) is 11.0.